The van der Waals surface area contributed by atoms with E-state index in [-0.39, 0.29) is 5.41 Å². The van der Waals surface area contributed by atoms with Gasteiger partial charge < -0.3 is 39.7 Å². The Balaban J connectivity index is 1.67. The van der Waals surface area contributed by atoms with Crippen molar-refractivity contribution in [3.8, 4) is 0 Å². The molecule has 27 heavy (non-hydrogen) atoms. The summed E-state index contributed by atoms with van der Waals surface area (Å²) in [5.41, 5.74) is -1.17. The minimum absolute atomic E-state index is 0.251. The van der Waals surface area contributed by atoms with Gasteiger partial charge in [0.2, 0.25) is 0 Å². The smallest absolute Gasteiger partial charge is 0.187 e. The minimum atomic E-state index is -1.47. The molecule has 8 heteroatoms. The summed E-state index contributed by atoms with van der Waals surface area (Å²) < 4.78 is 17.1. The van der Waals surface area contributed by atoms with Gasteiger partial charge in [-0.2, -0.15) is 0 Å². The van der Waals surface area contributed by atoms with Crippen molar-refractivity contribution in [1.29, 1.82) is 0 Å². The molecule has 0 bridgehead atoms. The number of aliphatic hydroxyl groups is 5. The van der Waals surface area contributed by atoms with Crippen molar-refractivity contribution in [3.05, 3.63) is 12.2 Å². The van der Waals surface area contributed by atoms with Gasteiger partial charge in [-0.05, 0) is 20.3 Å². The van der Waals surface area contributed by atoms with E-state index >= 15 is 0 Å². The minimum Gasteiger partial charge on any atom is -0.394 e. The summed E-state index contributed by atoms with van der Waals surface area (Å²) in [5.74, 6) is 0. The lowest BCUT2D eigenvalue weighted by atomic mass is 9.63. The van der Waals surface area contributed by atoms with Crippen LogP contribution < -0.4 is 0 Å². The molecule has 0 aromatic carbocycles. The first-order chi connectivity index (χ1) is 12.5. The summed E-state index contributed by atoms with van der Waals surface area (Å²) in [4.78, 5) is 0. The lowest BCUT2D eigenvalue weighted by Crippen LogP contribution is -2.59. The topological polar surface area (TPSA) is 132 Å². The van der Waals surface area contributed by atoms with Crippen molar-refractivity contribution in [3.63, 3.8) is 0 Å². The van der Waals surface area contributed by atoms with Crippen LogP contribution in [0, 0.1) is 5.41 Å². The summed E-state index contributed by atoms with van der Waals surface area (Å²) in [6, 6.07) is 0. The Hall–Kier alpha value is -0.580. The zero-order valence-electron chi connectivity index (χ0n) is 16.3. The summed E-state index contributed by atoms with van der Waals surface area (Å²) in [5, 5.41) is 49.1. The fourth-order valence-corrected chi connectivity index (χ4v) is 4.78. The van der Waals surface area contributed by atoms with E-state index in [9.17, 15) is 25.5 Å². The van der Waals surface area contributed by atoms with Crippen LogP contribution in [0.1, 0.15) is 40.5 Å². The van der Waals surface area contributed by atoms with E-state index < -0.39 is 60.7 Å². The molecule has 2 aliphatic heterocycles. The average molecular weight is 388 g/mol. The van der Waals surface area contributed by atoms with Gasteiger partial charge in [-0.25, -0.2) is 0 Å². The van der Waals surface area contributed by atoms with Crippen LogP contribution in [0.5, 0.6) is 0 Å². The standard InChI is InChI=1S/C19H32O8/c1-10(25-16-15(24)14(23)13(22)12(9-20)26-16)5-6-19-17(2,3)7-11(21)8-18(19,4)27-19/h5-6,10-16,20-24H,7-9H2,1-4H3/b6-5+/t10-,11+,12+,13+,14-,15+,16+,18-,19+/m1/s1. The highest BCUT2D eigenvalue weighted by molar-refractivity contribution is 5.32. The van der Waals surface area contributed by atoms with Gasteiger partial charge in [-0.15, -0.1) is 0 Å². The van der Waals surface area contributed by atoms with E-state index in [1.165, 1.54) is 0 Å². The van der Waals surface area contributed by atoms with Crippen molar-refractivity contribution >= 4 is 0 Å². The molecule has 0 aromatic rings. The molecule has 1 aliphatic carbocycles. The maximum absolute atomic E-state index is 10.1. The molecule has 3 fully saturated rings. The van der Waals surface area contributed by atoms with Crippen LogP contribution >= 0.6 is 0 Å². The van der Waals surface area contributed by atoms with Crippen LogP contribution in [-0.4, -0.2) is 86.3 Å². The van der Waals surface area contributed by atoms with E-state index in [0.717, 1.165) is 0 Å². The number of ether oxygens (including phenoxy) is 3. The van der Waals surface area contributed by atoms with E-state index in [4.69, 9.17) is 14.2 Å². The molecule has 3 aliphatic rings. The first-order valence-corrected chi connectivity index (χ1v) is 9.50. The number of aliphatic hydroxyl groups excluding tert-OH is 5. The Labute approximate surface area is 159 Å². The van der Waals surface area contributed by atoms with Gasteiger partial charge in [-0.1, -0.05) is 26.0 Å². The third kappa shape index (κ3) is 3.47. The number of epoxide rings is 1. The summed E-state index contributed by atoms with van der Waals surface area (Å²) >= 11 is 0. The van der Waals surface area contributed by atoms with Gasteiger partial charge in [-0.3, -0.25) is 0 Å². The summed E-state index contributed by atoms with van der Waals surface area (Å²) in [6.45, 7) is 7.38. The van der Waals surface area contributed by atoms with Gasteiger partial charge >= 0.3 is 0 Å². The Morgan fingerprint density at radius 1 is 1.07 bits per heavy atom. The second-order valence-corrected chi connectivity index (χ2v) is 8.91. The fourth-order valence-electron chi connectivity index (χ4n) is 4.78. The second-order valence-electron chi connectivity index (χ2n) is 8.91. The normalized spacial score (nSPS) is 50.4. The SMILES string of the molecule is C[C@H](/C=C/[C@@]12O[C@]1(C)C[C@@H](O)CC2(C)C)O[C@H]1O[C@@H](CO)[C@H](O)[C@@H](O)[C@@H]1O. The molecule has 156 valence electrons. The second kappa shape index (κ2) is 7.03. The summed E-state index contributed by atoms with van der Waals surface area (Å²) in [6.07, 6.45) is -2.39. The van der Waals surface area contributed by atoms with Crippen molar-refractivity contribution < 1.29 is 39.7 Å². The molecule has 2 heterocycles. The third-order valence-corrected chi connectivity index (χ3v) is 6.31. The van der Waals surface area contributed by atoms with Crippen molar-refractivity contribution in [2.24, 2.45) is 5.41 Å². The molecule has 3 rings (SSSR count). The highest BCUT2D eigenvalue weighted by Gasteiger charge is 2.74. The van der Waals surface area contributed by atoms with Gasteiger partial charge in [0, 0.05) is 11.8 Å². The van der Waals surface area contributed by atoms with Crippen LogP contribution in [-0.2, 0) is 14.2 Å². The average Bonchev–Trinajstić information content (AvgIpc) is 3.19. The molecule has 8 nitrogen and oxygen atoms in total. The van der Waals surface area contributed by atoms with Gasteiger partial charge in [0.25, 0.3) is 0 Å². The Morgan fingerprint density at radius 2 is 1.74 bits per heavy atom. The van der Waals surface area contributed by atoms with Gasteiger partial charge in [0.05, 0.1) is 18.8 Å². The predicted molar refractivity (Wildman–Crippen MR) is 94.7 cm³/mol. The molecule has 9 atom stereocenters. The maximum atomic E-state index is 10.1. The number of fused-ring (bicyclic) bond motifs is 1. The maximum Gasteiger partial charge on any atom is 0.187 e. The lowest BCUT2D eigenvalue weighted by molar-refractivity contribution is -0.306. The van der Waals surface area contributed by atoms with Crippen LogP contribution in [0.2, 0.25) is 0 Å². The summed E-state index contributed by atoms with van der Waals surface area (Å²) in [7, 11) is 0. The molecule has 5 N–H and O–H groups in total. The first-order valence-electron chi connectivity index (χ1n) is 9.50. The lowest BCUT2D eigenvalue weighted by Gasteiger charge is -2.40. The van der Waals surface area contributed by atoms with E-state index in [1.807, 2.05) is 19.1 Å². The number of rotatable bonds is 5. The Morgan fingerprint density at radius 3 is 2.33 bits per heavy atom. The third-order valence-electron chi connectivity index (χ3n) is 6.31. The molecule has 0 aromatic heterocycles. The highest BCUT2D eigenvalue weighted by atomic mass is 16.7. The Bertz CT molecular complexity index is 578. The van der Waals surface area contributed by atoms with Gasteiger partial charge in [0.1, 0.15) is 35.6 Å². The zero-order valence-corrected chi connectivity index (χ0v) is 16.3. The largest absolute Gasteiger partial charge is 0.394 e. The van der Waals surface area contributed by atoms with Crippen LogP contribution in [0.25, 0.3) is 0 Å². The number of hydrogen-bond acceptors (Lipinski definition) is 8. The van der Waals surface area contributed by atoms with E-state index in [0.29, 0.717) is 12.8 Å². The molecule has 1 saturated carbocycles. The molecule has 0 spiro atoms. The molecule has 0 radical (unpaired) electrons. The van der Waals surface area contributed by atoms with Crippen LogP contribution in [0.3, 0.4) is 0 Å². The quantitative estimate of drug-likeness (QED) is 0.313. The highest BCUT2D eigenvalue weighted by Crippen LogP contribution is 2.66. The molecular formula is C19H32O8. The monoisotopic (exact) mass is 388 g/mol. The zero-order chi connectivity index (χ0) is 20.2. The predicted octanol–water partition coefficient (Wildman–Crippen LogP) is -0.544. The first kappa shape index (κ1) is 21.1. The number of hydrogen-bond donors (Lipinski definition) is 5. The van der Waals surface area contributed by atoms with E-state index in [1.54, 1.807) is 6.92 Å². The molecule has 0 unspecified atom stereocenters. The van der Waals surface area contributed by atoms with Crippen molar-refractivity contribution in [2.45, 2.75) is 94.7 Å². The molecule has 2 saturated heterocycles. The van der Waals surface area contributed by atoms with Crippen LogP contribution in [0.4, 0.5) is 0 Å². The van der Waals surface area contributed by atoms with Gasteiger partial charge in [0.15, 0.2) is 6.29 Å². The fraction of sp³-hybridized carbons (Fsp3) is 0.895. The van der Waals surface area contributed by atoms with E-state index in [2.05, 4.69) is 13.8 Å². The van der Waals surface area contributed by atoms with Crippen LogP contribution in [0.15, 0.2) is 12.2 Å². The van der Waals surface area contributed by atoms with Crippen molar-refractivity contribution in [1.82, 2.24) is 0 Å². The Kier molecular flexibility index (Phi) is 5.51. The molecular weight excluding hydrogens is 356 g/mol. The molecule has 0 amide bonds. The van der Waals surface area contributed by atoms with Crippen molar-refractivity contribution in [2.75, 3.05) is 6.61 Å².